The van der Waals surface area contributed by atoms with Gasteiger partial charge in [0.15, 0.2) is 5.82 Å². The van der Waals surface area contributed by atoms with E-state index in [2.05, 4.69) is 22.3 Å². The summed E-state index contributed by atoms with van der Waals surface area (Å²) in [6, 6.07) is 15.9. The minimum Gasteiger partial charge on any atom is -0.283 e. The van der Waals surface area contributed by atoms with Crippen molar-refractivity contribution in [3.05, 3.63) is 76.8 Å². The van der Waals surface area contributed by atoms with Crippen molar-refractivity contribution in [3.8, 4) is 5.69 Å². The van der Waals surface area contributed by atoms with Gasteiger partial charge < -0.3 is 0 Å². The highest BCUT2D eigenvalue weighted by atomic mass is 35.5. The number of nitrogens with zero attached hydrogens (tertiary/aromatic N) is 4. The molecule has 1 aromatic heterocycles. The van der Waals surface area contributed by atoms with Crippen molar-refractivity contribution in [2.75, 3.05) is 0 Å². The van der Waals surface area contributed by atoms with E-state index < -0.39 is 0 Å². The summed E-state index contributed by atoms with van der Waals surface area (Å²) in [6.07, 6.45) is 1.72. The second-order valence-corrected chi connectivity index (χ2v) is 5.68. The number of hydrogen-bond donors (Lipinski definition) is 0. The Morgan fingerprint density at radius 1 is 1.09 bits per heavy atom. The van der Waals surface area contributed by atoms with Gasteiger partial charge in [0.2, 0.25) is 0 Å². The Hall–Kier alpha value is -2.46. The van der Waals surface area contributed by atoms with Gasteiger partial charge in [-0.2, -0.15) is 0 Å². The van der Waals surface area contributed by atoms with E-state index in [1.165, 1.54) is 0 Å². The van der Waals surface area contributed by atoms with Crippen LogP contribution < -0.4 is 0 Å². The molecule has 1 aliphatic heterocycles. The maximum absolute atomic E-state index is 6.22. The van der Waals surface area contributed by atoms with Crippen LogP contribution in [0.1, 0.15) is 29.9 Å². The molecular weight excluding hydrogens is 296 g/mol. The average Bonchev–Trinajstić information content (AvgIpc) is 2.99. The molecule has 0 fully saturated rings. The summed E-state index contributed by atoms with van der Waals surface area (Å²) >= 11 is 6.22. The van der Waals surface area contributed by atoms with E-state index in [9.17, 15) is 0 Å². The fourth-order valence-corrected chi connectivity index (χ4v) is 2.94. The van der Waals surface area contributed by atoms with Crippen LogP contribution in [0, 0.1) is 0 Å². The molecule has 4 rings (SSSR count). The molecule has 2 aromatic carbocycles. The van der Waals surface area contributed by atoms with Gasteiger partial charge >= 0.3 is 0 Å². The molecule has 0 bridgehead atoms. The van der Waals surface area contributed by atoms with Crippen molar-refractivity contribution in [2.24, 2.45) is 4.99 Å². The van der Waals surface area contributed by atoms with Crippen LogP contribution in [0.2, 0.25) is 5.02 Å². The minimum atomic E-state index is -0.0797. The second-order valence-electron chi connectivity index (χ2n) is 5.24. The van der Waals surface area contributed by atoms with E-state index in [1.807, 2.05) is 47.9 Å². The summed E-state index contributed by atoms with van der Waals surface area (Å²) in [4.78, 5) is 4.88. The number of fused-ring (bicyclic) bond motifs is 3. The van der Waals surface area contributed by atoms with Gasteiger partial charge in [0.1, 0.15) is 12.4 Å². The number of aromatic nitrogens is 3. The first-order valence-electron chi connectivity index (χ1n) is 7.07. The van der Waals surface area contributed by atoms with Crippen LogP contribution in [-0.2, 0) is 0 Å². The average molecular weight is 309 g/mol. The molecule has 1 aliphatic rings. The molecule has 3 aromatic rings. The molecule has 0 amide bonds. The molecule has 0 N–H and O–H groups in total. The van der Waals surface area contributed by atoms with Crippen LogP contribution >= 0.6 is 11.6 Å². The van der Waals surface area contributed by atoms with Crippen molar-refractivity contribution in [2.45, 2.75) is 13.0 Å². The Kier molecular flexibility index (Phi) is 3.05. The highest BCUT2D eigenvalue weighted by Gasteiger charge is 2.23. The Balaban J connectivity index is 2.03. The van der Waals surface area contributed by atoms with Crippen LogP contribution in [0.3, 0.4) is 0 Å². The van der Waals surface area contributed by atoms with E-state index in [4.69, 9.17) is 16.6 Å². The van der Waals surface area contributed by atoms with Crippen molar-refractivity contribution in [1.82, 2.24) is 14.8 Å². The third-order valence-corrected chi connectivity index (χ3v) is 4.03. The molecule has 0 aliphatic carbocycles. The highest BCUT2D eigenvalue weighted by molar-refractivity contribution is 6.31. The van der Waals surface area contributed by atoms with Gasteiger partial charge in [0, 0.05) is 16.1 Å². The quantitative estimate of drug-likeness (QED) is 0.685. The van der Waals surface area contributed by atoms with E-state index in [0.29, 0.717) is 5.02 Å². The number of aliphatic imine (C=N–C) groups is 1. The largest absolute Gasteiger partial charge is 0.283 e. The summed E-state index contributed by atoms with van der Waals surface area (Å²) in [5.41, 5.74) is 3.98. The lowest BCUT2D eigenvalue weighted by Gasteiger charge is -2.11. The second kappa shape index (κ2) is 5.07. The standard InChI is InChI=1S/C17H13ClN4/c1-11-17-21-19-10-22(17)15-8-7-13(18)9-14(15)16(20-11)12-5-3-2-4-6-12/h2-11H,1H3. The molecule has 0 saturated heterocycles. The molecule has 4 nitrogen and oxygen atoms in total. The van der Waals surface area contributed by atoms with Crippen LogP contribution in [0.15, 0.2) is 59.9 Å². The predicted octanol–water partition coefficient (Wildman–Crippen LogP) is 3.83. The molecule has 2 heterocycles. The monoisotopic (exact) mass is 308 g/mol. The van der Waals surface area contributed by atoms with E-state index in [1.54, 1.807) is 6.33 Å². The Bertz CT molecular complexity index is 867. The molecule has 0 radical (unpaired) electrons. The first-order chi connectivity index (χ1) is 10.7. The first kappa shape index (κ1) is 13.2. The Labute approximate surface area is 133 Å². The summed E-state index contributed by atoms with van der Waals surface area (Å²) < 4.78 is 1.98. The summed E-state index contributed by atoms with van der Waals surface area (Å²) in [7, 11) is 0. The van der Waals surface area contributed by atoms with Crippen LogP contribution in [0.4, 0.5) is 0 Å². The van der Waals surface area contributed by atoms with Gasteiger partial charge in [0.25, 0.3) is 0 Å². The number of benzene rings is 2. The SMILES string of the molecule is CC1N=C(c2ccccc2)c2cc(Cl)ccc2-n2cnnc21. The van der Waals surface area contributed by atoms with Crippen molar-refractivity contribution in [3.63, 3.8) is 0 Å². The van der Waals surface area contributed by atoms with Gasteiger partial charge in [-0.3, -0.25) is 9.56 Å². The molecule has 5 heteroatoms. The first-order valence-corrected chi connectivity index (χ1v) is 7.45. The summed E-state index contributed by atoms with van der Waals surface area (Å²) in [6.45, 7) is 2.02. The fourth-order valence-electron chi connectivity index (χ4n) is 2.77. The van der Waals surface area contributed by atoms with Crippen molar-refractivity contribution >= 4 is 17.3 Å². The molecule has 0 spiro atoms. The Morgan fingerprint density at radius 2 is 1.91 bits per heavy atom. The number of hydrogen-bond acceptors (Lipinski definition) is 3. The molecule has 22 heavy (non-hydrogen) atoms. The lowest BCUT2D eigenvalue weighted by atomic mass is 10.0. The van der Waals surface area contributed by atoms with Gasteiger partial charge in [-0.05, 0) is 25.1 Å². The summed E-state index contributed by atoms with van der Waals surface area (Å²) in [5, 5.41) is 8.93. The zero-order chi connectivity index (χ0) is 15.1. The minimum absolute atomic E-state index is 0.0797. The van der Waals surface area contributed by atoms with Crippen LogP contribution in [-0.4, -0.2) is 20.5 Å². The van der Waals surface area contributed by atoms with E-state index in [0.717, 1.165) is 28.4 Å². The van der Waals surface area contributed by atoms with E-state index in [-0.39, 0.29) is 6.04 Å². The zero-order valence-corrected chi connectivity index (χ0v) is 12.7. The lowest BCUT2D eigenvalue weighted by Crippen LogP contribution is -2.06. The van der Waals surface area contributed by atoms with Crippen LogP contribution in [0.25, 0.3) is 5.69 Å². The number of halogens is 1. The van der Waals surface area contributed by atoms with Gasteiger partial charge in [-0.25, -0.2) is 0 Å². The highest BCUT2D eigenvalue weighted by Crippen LogP contribution is 2.30. The third-order valence-electron chi connectivity index (χ3n) is 3.79. The third kappa shape index (κ3) is 2.04. The van der Waals surface area contributed by atoms with Crippen LogP contribution in [0.5, 0.6) is 0 Å². The topological polar surface area (TPSA) is 43.1 Å². The molecule has 0 saturated carbocycles. The molecule has 1 atom stereocenters. The molecular formula is C17H13ClN4. The smallest absolute Gasteiger partial charge is 0.162 e. The van der Waals surface area contributed by atoms with Gasteiger partial charge in [-0.1, -0.05) is 41.9 Å². The van der Waals surface area contributed by atoms with Crippen molar-refractivity contribution < 1.29 is 0 Å². The summed E-state index contributed by atoms with van der Waals surface area (Å²) in [5.74, 6) is 0.828. The zero-order valence-electron chi connectivity index (χ0n) is 11.9. The van der Waals surface area contributed by atoms with E-state index >= 15 is 0 Å². The molecule has 1 unspecified atom stereocenters. The fraction of sp³-hybridized carbons (Fsp3) is 0.118. The number of rotatable bonds is 1. The van der Waals surface area contributed by atoms with Crippen molar-refractivity contribution in [1.29, 1.82) is 0 Å². The maximum Gasteiger partial charge on any atom is 0.162 e. The molecule has 108 valence electrons. The van der Waals surface area contributed by atoms with Gasteiger partial charge in [0.05, 0.1) is 11.4 Å². The maximum atomic E-state index is 6.22. The lowest BCUT2D eigenvalue weighted by molar-refractivity contribution is 0.724. The Morgan fingerprint density at radius 3 is 2.73 bits per heavy atom. The predicted molar refractivity (Wildman–Crippen MR) is 86.9 cm³/mol. The normalized spacial score (nSPS) is 16.5. The van der Waals surface area contributed by atoms with Gasteiger partial charge in [-0.15, -0.1) is 10.2 Å².